The van der Waals surface area contributed by atoms with Gasteiger partial charge in [-0.2, -0.15) is 0 Å². The van der Waals surface area contributed by atoms with Gasteiger partial charge in [0.25, 0.3) is 0 Å². The topological polar surface area (TPSA) is 21.3 Å². The Kier molecular flexibility index (Phi) is 4.57. The Balaban J connectivity index is 1.60. The summed E-state index contributed by atoms with van der Waals surface area (Å²) >= 11 is 0. The van der Waals surface area contributed by atoms with E-state index in [2.05, 4.69) is 60.8 Å². The van der Waals surface area contributed by atoms with E-state index in [-0.39, 0.29) is 0 Å². The molecule has 1 N–H and O–H groups in total. The van der Waals surface area contributed by atoms with Crippen LogP contribution < -0.4 is 10.1 Å². The molecule has 126 valence electrons. The average molecular weight is 321 g/mol. The van der Waals surface area contributed by atoms with E-state index >= 15 is 0 Å². The Morgan fingerprint density at radius 1 is 1.04 bits per heavy atom. The third-order valence-corrected chi connectivity index (χ3v) is 5.61. The van der Waals surface area contributed by atoms with Crippen LogP contribution in [0.4, 0.5) is 0 Å². The fraction of sp³-hybridized carbons (Fsp3) is 0.455. The van der Waals surface area contributed by atoms with Gasteiger partial charge in [-0.05, 0) is 60.5 Å². The Hall–Kier alpha value is -1.80. The number of fused-ring (bicyclic) bond motifs is 3. The maximum atomic E-state index is 5.83. The number of rotatable bonds is 5. The SMILES string of the molecule is CCCCOc1ccc([C@@H]2c3ccccc3[C@H]3NCCC[C@@H]23)cc1. The first-order valence-electron chi connectivity index (χ1n) is 9.43. The number of piperidine rings is 1. The van der Waals surface area contributed by atoms with Crippen LogP contribution in [0.25, 0.3) is 0 Å². The number of ether oxygens (including phenoxy) is 1. The first-order valence-corrected chi connectivity index (χ1v) is 9.43. The van der Waals surface area contributed by atoms with Gasteiger partial charge in [0.05, 0.1) is 6.61 Å². The van der Waals surface area contributed by atoms with E-state index in [0.717, 1.165) is 25.3 Å². The summed E-state index contributed by atoms with van der Waals surface area (Å²) in [5.74, 6) is 2.20. The Morgan fingerprint density at radius 3 is 2.62 bits per heavy atom. The molecule has 0 radical (unpaired) electrons. The maximum absolute atomic E-state index is 5.83. The van der Waals surface area contributed by atoms with Crippen molar-refractivity contribution in [1.82, 2.24) is 5.32 Å². The fourth-order valence-electron chi connectivity index (χ4n) is 4.45. The van der Waals surface area contributed by atoms with Crippen molar-refractivity contribution < 1.29 is 4.74 Å². The molecule has 2 heteroatoms. The molecule has 0 spiro atoms. The lowest BCUT2D eigenvalue weighted by atomic mass is 9.80. The molecule has 1 aliphatic heterocycles. The van der Waals surface area contributed by atoms with Crippen molar-refractivity contribution in [1.29, 1.82) is 0 Å². The molecule has 2 nitrogen and oxygen atoms in total. The zero-order valence-electron chi connectivity index (χ0n) is 14.5. The van der Waals surface area contributed by atoms with Crippen LogP contribution >= 0.6 is 0 Å². The zero-order valence-corrected chi connectivity index (χ0v) is 14.5. The number of hydrogen-bond donors (Lipinski definition) is 1. The van der Waals surface area contributed by atoms with Crippen molar-refractivity contribution in [2.45, 2.75) is 44.6 Å². The highest BCUT2D eigenvalue weighted by atomic mass is 16.5. The van der Waals surface area contributed by atoms with Gasteiger partial charge in [-0.15, -0.1) is 0 Å². The largest absolute Gasteiger partial charge is 0.494 e. The van der Waals surface area contributed by atoms with E-state index in [1.54, 1.807) is 0 Å². The van der Waals surface area contributed by atoms with Crippen molar-refractivity contribution in [3.63, 3.8) is 0 Å². The second kappa shape index (κ2) is 6.98. The molecule has 2 aliphatic rings. The molecule has 1 heterocycles. The fourth-order valence-corrected chi connectivity index (χ4v) is 4.45. The van der Waals surface area contributed by atoms with Gasteiger partial charge in [0.15, 0.2) is 0 Å². The molecule has 0 bridgehead atoms. The van der Waals surface area contributed by atoms with Gasteiger partial charge in [0, 0.05) is 12.0 Å². The van der Waals surface area contributed by atoms with Gasteiger partial charge in [-0.1, -0.05) is 49.7 Å². The molecular formula is C22H27NO. The highest BCUT2D eigenvalue weighted by Gasteiger charge is 2.41. The molecule has 0 unspecified atom stereocenters. The van der Waals surface area contributed by atoms with Crippen molar-refractivity contribution >= 4 is 0 Å². The Morgan fingerprint density at radius 2 is 1.83 bits per heavy atom. The molecule has 2 aromatic rings. The first kappa shape index (κ1) is 15.7. The predicted molar refractivity (Wildman–Crippen MR) is 98.6 cm³/mol. The third-order valence-electron chi connectivity index (χ3n) is 5.61. The van der Waals surface area contributed by atoms with E-state index in [9.17, 15) is 0 Å². The normalized spacial score (nSPS) is 25.1. The van der Waals surface area contributed by atoms with Gasteiger partial charge < -0.3 is 10.1 Å². The van der Waals surface area contributed by atoms with Crippen molar-refractivity contribution in [3.8, 4) is 5.75 Å². The van der Waals surface area contributed by atoms with Crippen LogP contribution in [-0.4, -0.2) is 13.2 Å². The third kappa shape index (κ3) is 2.84. The van der Waals surface area contributed by atoms with E-state index in [1.807, 2.05) is 0 Å². The zero-order chi connectivity index (χ0) is 16.4. The minimum absolute atomic E-state index is 0.517. The van der Waals surface area contributed by atoms with Crippen LogP contribution in [0.1, 0.15) is 61.3 Å². The summed E-state index contributed by atoms with van der Waals surface area (Å²) in [6.07, 6.45) is 4.88. The number of benzene rings is 2. The Bertz CT molecular complexity index is 679. The molecule has 24 heavy (non-hydrogen) atoms. The second-order valence-corrected chi connectivity index (χ2v) is 7.12. The molecule has 1 aliphatic carbocycles. The van der Waals surface area contributed by atoms with Crippen molar-refractivity contribution in [2.75, 3.05) is 13.2 Å². The second-order valence-electron chi connectivity index (χ2n) is 7.12. The minimum atomic E-state index is 0.517. The van der Waals surface area contributed by atoms with E-state index < -0.39 is 0 Å². The van der Waals surface area contributed by atoms with Crippen molar-refractivity contribution in [2.24, 2.45) is 5.92 Å². The quantitative estimate of drug-likeness (QED) is 0.778. The summed E-state index contributed by atoms with van der Waals surface area (Å²) in [6, 6.07) is 18.4. The minimum Gasteiger partial charge on any atom is -0.494 e. The molecule has 0 amide bonds. The summed E-state index contributed by atoms with van der Waals surface area (Å²) in [5.41, 5.74) is 4.46. The van der Waals surface area contributed by atoms with Crippen LogP contribution in [0.5, 0.6) is 5.75 Å². The molecule has 1 saturated heterocycles. The van der Waals surface area contributed by atoms with Gasteiger partial charge in [0.1, 0.15) is 5.75 Å². The standard InChI is InChI=1S/C22H27NO/c1-2-3-15-24-17-12-10-16(11-13-17)21-18-7-4-5-8-19(18)22-20(21)9-6-14-23-22/h4-5,7-8,10-13,20-23H,2-3,6,9,14-15H2,1H3/t20-,21+,22+/m0/s1. The molecule has 1 fully saturated rings. The van der Waals surface area contributed by atoms with Gasteiger partial charge in [0.2, 0.25) is 0 Å². The van der Waals surface area contributed by atoms with Gasteiger partial charge >= 0.3 is 0 Å². The number of nitrogens with one attached hydrogen (secondary N) is 1. The van der Waals surface area contributed by atoms with Crippen LogP contribution in [-0.2, 0) is 0 Å². The lowest BCUT2D eigenvalue weighted by Gasteiger charge is -2.31. The molecule has 3 atom stereocenters. The maximum Gasteiger partial charge on any atom is 0.119 e. The average Bonchev–Trinajstić information content (AvgIpc) is 2.97. The monoisotopic (exact) mass is 321 g/mol. The van der Waals surface area contributed by atoms with Gasteiger partial charge in [-0.3, -0.25) is 0 Å². The van der Waals surface area contributed by atoms with Crippen LogP contribution in [0.3, 0.4) is 0 Å². The molecular weight excluding hydrogens is 294 g/mol. The predicted octanol–water partition coefficient (Wildman–Crippen LogP) is 5.05. The van der Waals surface area contributed by atoms with E-state index in [1.165, 1.54) is 36.0 Å². The summed E-state index contributed by atoms with van der Waals surface area (Å²) in [6.45, 7) is 4.15. The summed E-state index contributed by atoms with van der Waals surface area (Å²) in [7, 11) is 0. The highest BCUT2D eigenvalue weighted by molar-refractivity contribution is 5.47. The lowest BCUT2D eigenvalue weighted by molar-refractivity contribution is 0.286. The summed E-state index contributed by atoms with van der Waals surface area (Å²) < 4.78 is 5.83. The van der Waals surface area contributed by atoms with Gasteiger partial charge in [-0.25, -0.2) is 0 Å². The first-order chi connectivity index (χ1) is 11.9. The lowest BCUT2D eigenvalue weighted by Crippen LogP contribution is -2.32. The van der Waals surface area contributed by atoms with Crippen LogP contribution in [0.15, 0.2) is 48.5 Å². The summed E-state index contributed by atoms with van der Waals surface area (Å²) in [4.78, 5) is 0. The molecule has 0 saturated carbocycles. The van der Waals surface area contributed by atoms with E-state index in [0.29, 0.717) is 17.9 Å². The number of hydrogen-bond acceptors (Lipinski definition) is 2. The molecule has 0 aromatic heterocycles. The van der Waals surface area contributed by atoms with Crippen LogP contribution in [0, 0.1) is 5.92 Å². The summed E-state index contributed by atoms with van der Waals surface area (Å²) in [5, 5.41) is 3.76. The Labute approximate surface area is 145 Å². The smallest absolute Gasteiger partial charge is 0.119 e. The van der Waals surface area contributed by atoms with E-state index in [4.69, 9.17) is 4.74 Å². The van der Waals surface area contributed by atoms with Crippen LogP contribution in [0.2, 0.25) is 0 Å². The van der Waals surface area contributed by atoms with Crippen molar-refractivity contribution in [3.05, 3.63) is 65.2 Å². The number of unbranched alkanes of at least 4 members (excludes halogenated alkanes) is 1. The highest BCUT2D eigenvalue weighted by Crippen LogP contribution is 2.51. The molecule has 2 aromatic carbocycles. The molecule has 4 rings (SSSR count).